The second-order valence-electron chi connectivity index (χ2n) is 7.85. The zero-order chi connectivity index (χ0) is 19.3. The van der Waals surface area contributed by atoms with Gasteiger partial charge >= 0.3 is 0 Å². The van der Waals surface area contributed by atoms with Crippen molar-refractivity contribution in [3.8, 4) is 0 Å². The monoisotopic (exact) mass is 391 g/mol. The molecule has 0 bridgehead atoms. The van der Waals surface area contributed by atoms with Crippen molar-refractivity contribution in [1.29, 1.82) is 0 Å². The van der Waals surface area contributed by atoms with E-state index in [4.69, 9.17) is 4.99 Å². The molecule has 27 heavy (non-hydrogen) atoms. The van der Waals surface area contributed by atoms with Crippen molar-refractivity contribution >= 4 is 15.8 Å². The first kappa shape index (κ1) is 20.2. The van der Waals surface area contributed by atoms with E-state index in [0.29, 0.717) is 11.4 Å². The summed E-state index contributed by atoms with van der Waals surface area (Å²) in [6.45, 7) is 6.88. The summed E-state index contributed by atoms with van der Waals surface area (Å²) < 4.78 is 25.5. The predicted octanol–water partition coefficient (Wildman–Crippen LogP) is 3.33. The van der Waals surface area contributed by atoms with E-state index in [1.807, 2.05) is 19.9 Å². The van der Waals surface area contributed by atoms with Crippen molar-refractivity contribution in [2.24, 2.45) is 16.8 Å². The number of hydrogen-bond donors (Lipinski definition) is 1. The van der Waals surface area contributed by atoms with Crippen LogP contribution in [-0.2, 0) is 9.84 Å². The topological polar surface area (TPSA) is 61.8 Å². The van der Waals surface area contributed by atoms with Gasteiger partial charge in [-0.1, -0.05) is 38.0 Å². The van der Waals surface area contributed by atoms with Gasteiger partial charge in [-0.2, -0.15) is 0 Å². The molecule has 0 radical (unpaired) electrons. The number of nitrogens with one attached hydrogen (secondary N) is 1. The molecule has 3 atom stereocenters. The van der Waals surface area contributed by atoms with Crippen LogP contribution in [0.4, 0.5) is 0 Å². The molecule has 2 fully saturated rings. The van der Waals surface area contributed by atoms with Crippen LogP contribution in [0.25, 0.3) is 0 Å². The standard InChI is InChI=1S/C21H33N3O2S/c1-3-19(16-27(25,26)20-12-6-5-7-13-20)23-21(22-4-2)24-14-17-10-8-9-11-18(17)15-24/h5-7,12-13,17-19H,3-4,8-11,14-16H2,1-2H3,(H,22,23). The van der Waals surface area contributed by atoms with Gasteiger partial charge in [-0.05, 0) is 50.2 Å². The van der Waals surface area contributed by atoms with Crippen LogP contribution in [0, 0.1) is 11.8 Å². The third-order valence-electron chi connectivity index (χ3n) is 5.93. The zero-order valence-corrected chi connectivity index (χ0v) is 17.4. The molecule has 6 heteroatoms. The highest BCUT2D eigenvalue weighted by atomic mass is 32.2. The molecule has 1 saturated heterocycles. The van der Waals surface area contributed by atoms with E-state index in [9.17, 15) is 8.42 Å². The van der Waals surface area contributed by atoms with Gasteiger partial charge in [0, 0.05) is 25.7 Å². The molecule has 1 aromatic rings. The zero-order valence-electron chi connectivity index (χ0n) is 16.6. The first-order chi connectivity index (χ1) is 13.0. The predicted molar refractivity (Wildman–Crippen MR) is 111 cm³/mol. The molecule has 1 heterocycles. The minimum atomic E-state index is -3.31. The van der Waals surface area contributed by atoms with Crippen molar-refractivity contribution < 1.29 is 8.42 Å². The highest BCUT2D eigenvalue weighted by Gasteiger charge is 2.36. The third-order valence-corrected chi connectivity index (χ3v) is 7.76. The van der Waals surface area contributed by atoms with Crippen LogP contribution in [0.5, 0.6) is 0 Å². The van der Waals surface area contributed by atoms with Gasteiger partial charge in [0.2, 0.25) is 0 Å². The van der Waals surface area contributed by atoms with Crippen molar-refractivity contribution in [1.82, 2.24) is 10.2 Å². The molecule has 150 valence electrons. The van der Waals surface area contributed by atoms with Gasteiger partial charge in [-0.25, -0.2) is 8.42 Å². The van der Waals surface area contributed by atoms with E-state index in [1.165, 1.54) is 25.7 Å². The summed E-state index contributed by atoms with van der Waals surface area (Å²) in [7, 11) is -3.31. The minimum absolute atomic E-state index is 0.0942. The molecule has 0 spiro atoms. The highest BCUT2D eigenvalue weighted by Crippen LogP contribution is 2.36. The number of likely N-dealkylation sites (tertiary alicyclic amines) is 1. The van der Waals surface area contributed by atoms with Crippen LogP contribution < -0.4 is 5.32 Å². The van der Waals surface area contributed by atoms with Crippen molar-refractivity contribution in [3.05, 3.63) is 30.3 Å². The Labute approximate surface area is 164 Å². The lowest BCUT2D eigenvalue weighted by atomic mass is 9.82. The van der Waals surface area contributed by atoms with Gasteiger partial charge in [-0.15, -0.1) is 0 Å². The fourth-order valence-corrected chi connectivity index (χ4v) is 6.01. The molecule has 2 aliphatic rings. The molecule has 1 aromatic carbocycles. The third kappa shape index (κ3) is 5.03. The fraction of sp³-hybridized carbons (Fsp3) is 0.667. The lowest BCUT2D eigenvalue weighted by Crippen LogP contribution is -2.47. The number of benzene rings is 1. The Morgan fingerprint density at radius 2 is 1.78 bits per heavy atom. The average molecular weight is 392 g/mol. The normalized spacial score (nSPS) is 24.5. The SMILES string of the molecule is CCN=C(NC(CC)CS(=O)(=O)c1ccccc1)N1CC2CCCCC2C1. The molecule has 3 rings (SSSR count). The molecule has 1 aliphatic carbocycles. The Morgan fingerprint density at radius 1 is 1.15 bits per heavy atom. The number of aliphatic imine (C=N–C) groups is 1. The van der Waals surface area contributed by atoms with Gasteiger partial charge in [-0.3, -0.25) is 4.99 Å². The molecule has 1 aliphatic heterocycles. The van der Waals surface area contributed by atoms with Crippen LogP contribution in [0.15, 0.2) is 40.2 Å². The van der Waals surface area contributed by atoms with E-state index >= 15 is 0 Å². The Hall–Kier alpha value is -1.56. The Balaban J connectivity index is 1.68. The highest BCUT2D eigenvalue weighted by molar-refractivity contribution is 7.91. The van der Waals surface area contributed by atoms with E-state index in [1.54, 1.807) is 24.3 Å². The van der Waals surface area contributed by atoms with Gasteiger partial charge in [0.25, 0.3) is 0 Å². The maximum absolute atomic E-state index is 12.8. The van der Waals surface area contributed by atoms with E-state index < -0.39 is 9.84 Å². The molecule has 0 amide bonds. The lowest BCUT2D eigenvalue weighted by molar-refractivity contribution is 0.299. The van der Waals surface area contributed by atoms with Crippen molar-refractivity contribution in [2.75, 3.05) is 25.4 Å². The summed E-state index contributed by atoms with van der Waals surface area (Å²) in [6, 6.07) is 8.60. The summed E-state index contributed by atoms with van der Waals surface area (Å²) in [4.78, 5) is 7.45. The van der Waals surface area contributed by atoms with Gasteiger partial charge in [0.05, 0.1) is 10.6 Å². The Bertz CT molecular complexity index is 719. The van der Waals surface area contributed by atoms with E-state index in [0.717, 1.165) is 37.3 Å². The fourth-order valence-electron chi connectivity index (χ4n) is 4.40. The smallest absolute Gasteiger partial charge is 0.194 e. The van der Waals surface area contributed by atoms with Gasteiger partial charge in [0.15, 0.2) is 15.8 Å². The lowest BCUT2D eigenvalue weighted by Gasteiger charge is -2.26. The van der Waals surface area contributed by atoms with E-state index in [-0.39, 0.29) is 11.8 Å². The van der Waals surface area contributed by atoms with Crippen molar-refractivity contribution in [2.45, 2.75) is 56.9 Å². The second kappa shape index (κ2) is 9.09. The molecule has 1 N–H and O–H groups in total. The quantitative estimate of drug-likeness (QED) is 0.597. The number of nitrogens with zero attached hydrogens (tertiary/aromatic N) is 2. The number of rotatable bonds is 6. The maximum Gasteiger partial charge on any atom is 0.194 e. The Kier molecular flexibility index (Phi) is 6.79. The van der Waals surface area contributed by atoms with Gasteiger partial charge in [0.1, 0.15) is 0 Å². The first-order valence-electron chi connectivity index (χ1n) is 10.4. The maximum atomic E-state index is 12.8. The Morgan fingerprint density at radius 3 is 2.33 bits per heavy atom. The number of sulfone groups is 1. The summed E-state index contributed by atoms with van der Waals surface area (Å²) in [5.74, 6) is 2.53. The van der Waals surface area contributed by atoms with Crippen LogP contribution in [0.2, 0.25) is 0 Å². The summed E-state index contributed by atoms with van der Waals surface area (Å²) in [6.07, 6.45) is 6.07. The van der Waals surface area contributed by atoms with Gasteiger partial charge < -0.3 is 10.2 Å². The molecular weight excluding hydrogens is 358 g/mol. The molecular formula is C21H33N3O2S. The summed E-state index contributed by atoms with van der Waals surface area (Å²) >= 11 is 0. The van der Waals surface area contributed by atoms with Crippen LogP contribution >= 0.6 is 0 Å². The van der Waals surface area contributed by atoms with Crippen molar-refractivity contribution in [3.63, 3.8) is 0 Å². The van der Waals surface area contributed by atoms with Crippen LogP contribution in [0.1, 0.15) is 46.0 Å². The molecule has 0 aromatic heterocycles. The summed E-state index contributed by atoms with van der Waals surface area (Å²) in [5.41, 5.74) is 0. The summed E-state index contributed by atoms with van der Waals surface area (Å²) in [5, 5.41) is 3.48. The molecule has 3 unspecified atom stereocenters. The largest absolute Gasteiger partial charge is 0.352 e. The number of guanidine groups is 1. The first-order valence-corrected chi connectivity index (χ1v) is 12.0. The van der Waals surface area contributed by atoms with Crippen LogP contribution in [0.3, 0.4) is 0 Å². The molecule has 1 saturated carbocycles. The minimum Gasteiger partial charge on any atom is -0.352 e. The number of hydrogen-bond acceptors (Lipinski definition) is 3. The molecule has 5 nitrogen and oxygen atoms in total. The average Bonchev–Trinajstić information content (AvgIpc) is 3.11. The second-order valence-corrected chi connectivity index (χ2v) is 9.89. The van der Waals surface area contributed by atoms with E-state index in [2.05, 4.69) is 10.2 Å². The van der Waals surface area contributed by atoms with Crippen LogP contribution in [-0.4, -0.2) is 50.7 Å². The number of fused-ring (bicyclic) bond motifs is 1.